The average molecular weight is 310 g/mol. The molecule has 0 unspecified atom stereocenters. The van der Waals surface area contributed by atoms with Crippen LogP contribution in [0.25, 0.3) is 0 Å². The maximum atomic E-state index is 11.4. The highest BCUT2D eigenvalue weighted by Gasteiger charge is 2.20. The van der Waals surface area contributed by atoms with Gasteiger partial charge < -0.3 is 10.4 Å². The number of nitrogens with zero attached hydrogens (tertiary/aromatic N) is 1. The van der Waals surface area contributed by atoms with Crippen LogP contribution in [0.2, 0.25) is 0 Å². The maximum absolute atomic E-state index is 11.4. The first kappa shape index (κ1) is 15.9. The topological polar surface area (TPSA) is 79.3 Å². The largest absolute Gasteiger partial charge is 0.477 e. The van der Waals surface area contributed by atoms with E-state index in [0.29, 0.717) is 29.6 Å². The molecule has 6 heteroatoms. The lowest BCUT2D eigenvalue weighted by Crippen LogP contribution is -2.10. The Kier molecular flexibility index (Phi) is 5.73. The third-order valence-corrected chi connectivity index (χ3v) is 4.97. The second-order valence-corrected chi connectivity index (χ2v) is 6.54. The molecule has 1 fully saturated rings. The summed E-state index contributed by atoms with van der Waals surface area (Å²) in [6, 6.07) is 0. The van der Waals surface area contributed by atoms with E-state index in [4.69, 9.17) is 0 Å². The molecule has 0 bridgehead atoms. The van der Waals surface area contributed by atoms with E-state index in [1.54, 1.807) is 6.92 Å². The molecular formula is C15H22N2O3S. The molecule has 0 spiro atoms. The summed E-state index contributed by atoms with van der Waals surface area (Å²) in [6.45, 7) is 1.75. The van der Waals surface area contributed by atoms with Crippen LogP contribution in [0.3, 0.4) is 0 Å². The summed E-state index contributed by atoms with van der Waals surface area (Å²) in [5.74, 6) is -0.404. The number of amides is 1. The number of aromatic nitrogens is 1. The standard InChI is InChI=1S/C15H22N2O3S/c1-2-12(18)17-15-16-11(13(21-15)14(19)20)9-8-10-6-4-3-5-7-10/h10H,2-9H2,1H3,(H,19,20)(H,16,17,18). The number of nitrogens with one attached hydrogen (secondary N) is 1. The van der Waals surface area contributed by atoms with Gasteiger partial charge in [-0.05, 0) is 18.8 Å². The molecular weight excluding hydrogens is 288 g/mol. The zero-order valence-corrected chi connectivity index (χ0v) is 13.2. The van der Waals surface area contributed by atoms with Crippen molar-refractivity contribution in [2.24, 2.45) is 5.92 Å². The number of thiazole rings is 1. The van der Waals surface area contributed by atoms with E-state index in [1.807, 2.05) is 0 Å². The molecule has 1 aromatic rings. The molecule has 1 saturated carbocycles. The van der Waals surface area contributed by atoms with Gasteiger partial charge in [0.1, 0.15) is 4.88 Å². The Bertz CT molecular complexity index is 507. The normalized spacial score (nSPS) is 15.9. The van der Waals surface area contributed by atoms with Crippen molar-refractivity contribution in [2.45, 2.75) is 58.3 Å². The molecule has 21 heavy (non-hydrogen) atoms. The van der Waals surface area contributed by atoms with Crippen LogP contribution in [0.15, 0.2) is 0 Å². The van der Waals surface area contributed by atoms with Gasteiger partial charge in [-0.15, -0.1) is 0 Å². The Hall–Kier alpha value is -1.43. The van der Waals surface area contributed by atoms with Crippen LogP contribution in [0.1, 0.15) is 67.2 Å². The Labute approximate surface area is 128 Å². The zero-order chi connectivity index (χ0) is 15.2. The zero-order valence-electron chi connectivity index (χ0n) is 12.4. The van der Waals surface area contributed by atoms with E-state index in [-0.39, 0.29) is 10.8 Å². The minimum absolute atomic E-state index is 0.139. The monoisotopic (exact) mass is 310 g/mol. The number of rotatable bonds is 6. The van der Waals surface area contributed by atoms with Gasteiger partial charge in [0.15, 0.2) is 5.13 Å². The number of aromatic carboxylic acids is 1. The lowest BCUT2D eigenvalue weighted by atomic mass is 9.86. The fourth-order valence-electron chi connectivity index (χ4n) is 2.77. The van der Waals surface area contributed by atoms with Gasteiger partial charge in [0.05, 0.1) is 5.69 Å². The maximum Gasteiger partial charge on any atom is 0.347 e. The predicted molar refractivity (Wildman–Crippen MR) is 82.9 cm³/mol. The molecule has 2 rings (SSSR count). The van der Waals surface area contributed by atoms with Crippen LogP contribution < -0.4 is 5.32 Å². The van der Waals surface area contributed by atoms with Gasteiger partial charge in [-0.2, -0.15) is 0 Å². The predicted octanol–water partition coefficient (Wildman–Crippen LogP) is 3.70. The molecule has 1 heterocycles. The van der Waals surface area contributed by atoms with Gasteiger partial charge in [0.2, 0.25) is 5.91 Å². The first-order valence-electron chi connectivity index (χ1n) is 7.63. The molecule has 5 nitrogen and oxygen atoms in total. The number of aryl methyl sites for hydroxylation is 1. The van der Waals surface area contributed by atoms with Crippen molar-refractivity contribution in [3.8, 4) is 0 Å². The molecule has 1 aliphatic rings. The van der Waals surface area contributed by atoms with Crippen LogP contribution in [0.5, 0.6) is 0 Å². The van der Waals surface area contributed by atoms with Crippen molar-refractivity contribution in [1.29, 1.82) is 0 Å². The van der Waals surface area contributed by atoms with Crippen molar-refractivity contribution >= 4 is 28.3 Å². The van der Waals surface area contributed by atoms with E-state index in [9.17, 15) is 14.7 Å². The van der Waals surface area contributed by atoms with Crippen molar-refractivity contribution in [3.63, 3.8) is 0 Å². The SMILES string of the molecule is CCC(=O)Nc1nc(CCC2CCCCC2)c(C(=O)O)s1. The van der Waals surface area contributed by atoms with Crippen molar-refractivity contribution in [2.75, 3.05) is 5.32 Å². The minimum Gasteiger partial charge on any atom is -0.477 e. The van der Waals surface area contributed by atoms with Gasteiger partial charge in [-0.25, -0.2) is 9.78 Å². The molecule has 0 saturated heterocycles. The summed E-state index contributed by atoms with van der Waals surface area (Å²) in [5.41, 5.74) is 0.615. The number of carboxylic acid groups (broad SMARTS) is 1. The fourth-order valence-corrected chi connectivity index (χ4v) is 3.63. The number of hydrogen-bond acceptors (Lipinski definition) is 4. The third-order valence-electron chi connectivity index (χ3n) is 3.97. The average Bonchev–Trinajstić information content (AvgIpc) is 2.89. The van der Waals surface area contributed by atoms with E-state index in [2.05, 4.69) is 10.3 Å². The highest BCUT2D eigenvalue weighted by atomic mass is 32.1. The van der Waals surface area contributed by atoms with Crippen LogP contribution in [0, 0.1) is 5.92 Å². The highest BCUT2D eigenvalue weighted by Crippen LogP contribution is 2.30. The molecule has 0 atom stereocenters. The first-order valence-corrected chi connectivity index (χ1v) is 8.44. The van der Waals surface area contributed by atoms with E-state index < -0.39 is 5.97 Å². The van der Waals surface area contributed by atoms with Gasteiger partial charge in [-0.3, -0.25) is 4.79 Å². The van der Waals surface area contributed by atoms with Gasteiger partial charge in [0.25, 0.3) is 0 Å². The number of carbonyl (C=O) groups excluding carboxylic acids is 1. The second kappa shape index (κ2) is 7.54. The van der Waals surface area contributed by atoms with Gasteiger partial charge in [0, 0.05) is 6.42 Å². The van der Waals surface area contributed by atoms with Crippen LogP contribution in [-0.4, -0.2) is 22.0 Å². The van der Waals surface area contributed by atoms with E-state index in [0.717, 1.165) is 17.8 Å². The van der Waals surface area contributed by atoms with Crippen molar-refractivity contribution < 1.29 is 14.7 Å². The molecule has 0 aromatic carbocycles. The quantitative estimate of drug-likeness (QED) is 0.839. The molecule has 116 valence electrons. The number of hydrogen-bond donors (Lipinski definition) is 2. The molecule has 2 N–H and O–H groups in total. The summed E-state index contributed by atoms with van der Waals surface area (Å²) >= 11 is 1.06. The van der Waals surface area contributed by atoms with Crippen LogP contribution in [0.4, 0.5) is 5.13 Å². The second-order valence-electron chi connectivity index (χ2n) is 5.54. The van der Waals surface area contributed by atoms with E-state index >= 15 is 0 Å². The first-order chi connectivity index (χ1) is 10.1. The Morgan fingerprint density at radius 1 is 1.33 bits per heavy atom. The third kappa shape index (κ3) is 4.52. The fraction of sp³-hybridized carbons (Fsp3) is 0.667. The molecule has 1 aromatic heterocycles. The lowest BCUT2D eigenvalue weighted by molar-refractivity contribution is -0.115. The summed E-state index contributed by atoms with van der Waals surface area (Å²) < 4.78 is 0. The summed E-state index contributed by atoms with van der Waals surface area (Å²) in [4.78, 5) is 27.3. The van der Waals surface area contributed by atoms with Crippen LogP contribution >= 0.6 is 11.3 Å². The minimum atomic E-state index is -0.955. The van der Waals surface area contributed by atoms with Gasteiger partial charge >= 0.3 is 5.97 Å². The summed E-state index contributed by atoms with van der Waals surface area (Å²) in [5, 5.41) is 12.3. The van der Waals surface area contributed by atoms with Crippen molar-refractivity contribution in [3.05, 3.63) is 10.6 Å². The number of carbonyl (C=O) groups is 2. The van der Waals surface area contributed by atoms with Crippen LogP contribution in [-0.2, 0) is 11.2 Å². The van der Waals surface area contributed by atoms with E-state index in [1.165, 1.54) is 32.1 Å². The number of anilines is 1. The highest BCUT2D eigenvalue weighted by molar-refractivity contribution is 7.17. The molecule has 0 aliphatic heterocycles. The molecule has 0 radical (unpaired) electrons. The number of carboxylic acids is 1. The smallest absolute Gasteiger partial charge is 0.347 e. The Morgan fingerprint density at radius 3 is 2.67 bits per heavy atom. The Balaban J connectivity index is 2.02. The van der Waals surface area contributed by atoms with Gasteiger partial charge in [-0.1, -0.05) is 50.4 Å². The lowest BCUT2D eigenvalue weighted by Gasteiger charge is -2.20. The molecule has 1 amide bonds. The molecule has 1 aliphatic carbocycles. The van der Waals surface area contributed by atoms with Crippen molar-refractivity contribution in [1.82, 2.24) is 4.98 Å². The summed E-state index contributed by atoms with van der Waals surface area (Å²) in [6.07, 6.45) is 8.41. The Morgan fingerprint density at radius 2 is 2.05 bits per heavy atom. The summed E-state index contributed by atoms with van der Waals surface area (Å²) in [7, 11) is 0.